The van der Waals surface area contributed by atoms with Crippen molar-refractivity contribution in [1.29, 1.82) is 5.26 Å². The van der Waals surface area contributed by atoms with E-state index in [-0.39, 0.29) is 18.2 Å². The number of methoxy groups -OCH3 is 2. The number of ether oxygens (including phenoxy) is 2. The monoisotopic (exact) mass is 485 g/mol. The molecule has 4 rings (SSSR count). The first-order valence-electron chi connectivity index (χ1n) is 9.36. The summed E-state index contributed by atoms with van der Waals surface area (Å²) >= 11 is 4.97. The first-order chi connectivity index (χ1) is 14.6. The van der Waals surface area contributed by atoms with Crippen LogP contribution >= 0.6 is 27.7 Å². The maximum atomic E-state index is 13.1. The second-order valence-corrected chi connectivity index (χ2v) is 8.77. The summed E-state index contributed by atoms with van der Waals surface area (Å²) in [6.45, 7) is 0.427. The number of rotatable bonds is 4. The van der Waals surface area contributed by atoms with E-state index in [1.807, 2.05) is 42.5 Å². The van der Waals surface area contributed by atoms with Gasteiger partial charge in [0.2, 0.25) is 5.91 Å². The lowest BCUT2D eigenvalue weighted by molar-refractivity contribution is -0.129. The molecule has 6 nitrogen and oxygen atoms in total. The fourth-order valence-corrected chi connectivity index (χ4v) is 5.26. The van der Waals surface area contributed by atoms with Gasteiger partial charge in [-0.15, -0.1) is 0 Å². The van der Waals surface area contributed by atoms with Crippen molar-refractivity contribution in [2.75, 3.05) is 31.7 Å². The third-order valence-corrected chi connectivity index (χ3v) is 6.98. The van der Waals surface area contributed by atoms with Gasteiger partial charge in [0.15, 0.2) is 11.5 Å². The normalized spacial score (nSPS) is 18.7. The van der Waals surface area contributed by atoms with Crippen molar-refractivity contribution in [1.82, 2.24) is 4.90 Å². The number of carbonyl (C=O) groups is 1. The molecule has 154 valence electrons. The molecule has 0 radical (unpaired) electrons. The van der Waals surface area contributed by atoms with Gasteiger partial charge in [0.1, 0.15) is 0 Å². The summed E-state index contributed by atoms with van der Waals surface area (Å²) in [5, 5.41) is 10.7. The predicted molar refractivity (Wildman–Crippen MR) is 120 cm³/mol. The number of allylic oxidation sites excluding steroid dienone is 1. The van der Waals surface area contributed by atoms with Gasteiger partial charge >= 0.3 is 0 Å². The molecule has 2 heterocycles. The van der Waals surface area contributed by atoms with Gasteiger partial charge in [0.25, 0.3) is 0 Å². The largest absolute Gasteiger partial charge is 0.493 e. The minimum Gasteiger partial charge on any atom is -0.493 e. The molecular weight excluding hydrogens is 466 g/mol. The average Bonchev–Trinajstić information content (AvgIpc) is 2.78. The Hall–Kier alpha value is -2.63. The number of carbonyl (C=O) groups excluding carboxylic acids is 1. The molecule has 0 spiro atoms. The van der Waals surface area contributed by atoms with E-state index in [2.05, 4.69) is 26.9 Å². The number of hydrogen-bond acceptors (Lipinski definition) is 6. The van der Waals surface area contributed by atoms with Gasteiger partial charge in [-0.25, -0.2) is 0 Å². The van der Waals surface area contributed by atoms with Gasteiger partial charge in [-0.05, 0) is 30.3 Å². The van der Waals surface area contributed by atoms with Crippen LogP contribution < -0.4 is 14.4 Å². The highest BCUT2D eigenvalue weighted by atomic mass is 79.9. The first kappa shape index (κ1) is 20.6. The number of fused-ring (bicyclic) bond motifs is 1. The summed E-state index contributed by atoms with van der Waals surface area (Å²) < 4.78 is 12.0. The van der Waals surface area contributed by atoms with E-state index in [1.54, 1.807) is 19.1 Å². The molecular formula is C22H20BrN3O3S. The second kappa shape index (κ2) is 8.62. The maximum absolute atomic E-state index is 13.1. The Morgan fingerprint density at radius 2 is 1.93 bits per heavy atom. The molecule has 0 saturated carbocycles. The third-order valence-electron chi connectivity index (χ3n) is 5.29. The van der Waals surface area contributed by atoms with Crippen LogP contribution in [0.25, 0.3) is 0 Å². The molecule has 1 saturated heterocycles. The molecule has 1 amide bonds. The number of benzene rings is 2. The smallest absolute Gasteiger partial charge is 0.229 e. The fourth-order valence-electron chi connectivity index (χ4n) is 3.83. The number of thioether (sulfide) groups is 1. The van der Waals surface area contributed by atoms with Crippen molar-refractivity contribution in [3.63, 3.8) is 0 Å². The lowest BCUT2D eigenvalue weighted by atomic mass is 9.85. The Balaban J connectivity index is 1.70. The lowest BCUT2D eigenvalue weighted by Gasteiger charge is -2.42. The zero-order valence-electron chi connectivity index (χ0n) is 16.6. The van der Waals surface area contributed by atoms with Crippen molar-refractivity contribution in [2.24, 2.45) is 0 Å². The van der Waals surface area contributed by atoms with Crippen LogP contribution in [-0.2, 0) is 4.79 Å². The van der Waals surface area contributed by atoms with Gasteiger partial charge in [0.05, 0.1) is 43.4 Å². The minimum absolute atomic E-state index is 0.00631. The third kappa shape index (κ3) is 3.64. The molecule has 1 unspecified atom stereocenters. The van der Waals surface area contributed by atoms with Gasteiger partial charge < -0.3 is 14.4 Å². The van der Waals surface area contributed by atoms with Crippen molar-refractivity contribution in [3.8, 4) is 17.6 Å². The standard InChI is InChI=1S/C22H20BrN3O3S/c1-28-19-5-3-4-16(21(19)29-2)17-10-20(27)26-12-25(13-30-22(26)18(17)11-24)15-8-6-14(23)7-9-15/h3-9,17H,10,12-13H2,1-2H3. The number of para-hydroxylation sites is 1. The Bertz CT molecular complexity index is 1050. The van der Waals surface area contributed by atoms with Gasteiger partial charge in [-0.3, -0.25) is 9.69 Å². The first-order valence-corrected chi connectivity index (χ1v) is 11.1. The molecule has 1 atom stereocenters. The topological polar surface area (TPSA) is 65.8 Å². The van der Waals surface area contributed by atoms with E-state index in [0.717, 1.165) is 20.8 Å². The predicted octanol–water partition coefficient (Wildman–Crippen LogP) is 4.69. The summed E-state index contributed by atoms with van der Waals surface area (Å²) in [6.07, 6.45) is 0.213. The zero-order valence-corrected chi connectivity index (χ0v) is 19.0. The van der Waals surface area contributed by atoms with Crippen LogP contribution in [0.3, 0.4) is 0 Å². The van der Waals surface area contributed by atoms with Crippen LogP contribution in [0, 0.1) is 11.3 Å². The van der Waals surface area contributed by atoms with Crippen molar-refractivity contribution in [2.45, 2.75) is 12.3 Å². The van der Waals surface area contributed by atoms with Crippen molar-refractivity contribution in [3.05, 3.63) is 63.1 Å². The van der Waals surface area contributed by atoms with E-state index in [9.17, 15) is 10.1 Å². The van der Waals surface area contributed by atoms with Crippen LogP contribution in [0.4, 0.5) is 5.69 Å². The maximum Gasteiger partial charge on any atom is 0.229 e. The van der Waals surface area contributed by atoms with Gasteiger partial charge in [-0.2, -0.15) is 5.26 Å². The molecule has 1 fully saturated rings. The van der Waals surface area contributed by atoms with E-state index < -0.39 is 0 Å². The number of nitriles is 1. The van der Waals surface area contributed by atoms with Crippen LogP contribution in [0.2, 0.25) is 0 Å². The molecule has 30 heavy (non-hydrogen) atoms. The highest BCUT2D eigenvalue weighted by molar-refractivity contribution is 9.10. The summed E-state index contributed by atoms with van der Waals surface area (Å²) in [6, 6.07) is 15.9. The fraction of sp³-hybridized carbons (Fsp3) is 0.273. The summed E-state index contributed by atoms with van der Waals surface area (Å²) in [4.78, 5) is 17.0. The highest BCUT2D eigenvalue weighted by Gasteiger charge is 2.39. The van der Waals surface area contributed by atoms with Crippen LogP contribution in [0.5, 0.6) is 11.5 Å². The summed E-state index contributed by atoms with van der Waals surface area (Å²) in [7, 11) is 3.15. The molecule has 8 heteroatoms. The number of hydrogen-bond donors (Lipinski definition) is 0. The van der Waals surface area contributed by atoms with Crippen LogP contribution in [-0.4, -0.2) is 37.6 Å². The Labute approximate surface area is 188 Å². The van der Waals surface area contributed by atoms with E-state index in [1.165, 1.54) is 11.8 Å². The Morgan fingerprint density at radius 1 is 1.17 bits per heavy atom. The minimum atomic E-state index is -0.356. The number of nitrogens with zero attached hydrogens (tertiary/aromatic N) is 3. The second-order valence-electron chi connectivity index (χ2n) is 6.92. The molecule has 0 aliphatic carbocycles. The molecule has 0 aromatic heterocycles. The molecule has 0 N–H and O–H groups in total. The lowest BCUT2D eigenvalue weighted by Crippen LogP contribution is -2.47. The zero-order chi connectivity index (χ0) is 21.3. The molecule has 2 aliphatic rings. The van der Waals surface area contributed by atoms with Crippen molar-refractivity contribution < 1.29 is 14.3 Å². The Morgan fingerprint density at radius 3 is 2.60 bits per heavy atom. The highest BCUT2D eigenvalue weighted by Crippen LogP contribution is 2.47. The van der Waals surface area contributed by atoms with Gasteiger partial charge in [0, 0.05) is 28.1 Å². The summed E-state index contributed by atoms with van der Waals surface area (Å²) in [5.74, 6) is 1.45. The average molecular weight is 486 g/mol. The molecule has 2 aromatic rings. The van der Waals surface area contributed by atoms with Gasteiger partial charge in [-0.1, -0.05) is 39.8 Å². The van der Waals surface area contributed by atoms with Crippen molar-refractivity contribution >= 4 is 39.3 Å². The van der Waals surface area contributed by atoms with Crippen LogP contribution in [0.15, 0.2) is 57.5 Å². The summed E-state index contributed by atoms with van der Waals surface area (Å²) in [5.41, 5.74) is 2.43. The number of halogens is 1. The molecule has 2 aliphatic heterocycles. The SMILES string of the molecule is COc1cccc(C2CC(=O)N3CN(c4ccc(Br)cc4)CSC3=C2C#N)c1OC. The molecule has 2 aromatic carbocycles. The number of anilines is 1. The number of amides is 1. The quantitative estimate of drug-likeness (QED) is 0.625. The molecule has 0 bridgehead atoms. The van der Waals surface area contributed by atoms with E-state index in [0.29, 0.717) is 29.6 Å². The van der Waals surface area contributed by atoms with E-state index >= 15 is 0 Å². The van der Waals surface area contributed by atoms with Crippen LogP contribution in [0.1, 0.15) is 17.9 Å². The van der Waals surface area contributed by atoms with E-state index in [4.69, 9.17) is 9.47 Å². The Kier molecular flexibility index (Phi) is 5.93.